The fourth-order valence-corrected chi connectivity index (χ4v) is 4.72. The van der Waals surface area contributed by atoms with Gasteiger partial charge < -0.3 is 10.2 Å². The zero-order valence-electron chi connectivity index (χ0n) is 17.5. The van der Waals surface area contributed by atoms with Crippen molar-refractivity contribution in [2.24, 2.45) is 0 Å². The molecule has 0 radical (unpaired) electrons. The number of benzene rings is 2. The van der Waals surface area contributed by atoms with Gasteiger partial charge in [-0.1, -0.05) is 12.1 Å². The molecule has 5 rings (SSSR count). The summed E-state index contributed by atoms with van der Waals surface area (Å²) in [5, 5.41) is 2.70. The zero-order valence-corrected chi connectivity index (χ0v) is 17.5. The van der Waals surface area contributed by atoms with E-state index in [1.807, 2.05) is 0 Å². The predicted molar refractivity (Wildman–Crippen MR) is 114 cm³/mol. The van der Waals surface area contributed by atoms with Crippen LogP contribution in [0, 0.1) is 0 Å². The first-order valence-electron chi connectivity index (χ1n) is 10.2. The quantitative estimate of drug-likeness (QED) is 0.745. The van der Waals surface area contributed by atoms with Gasteiger partial charge in [-0.25, -0.2) is 0 Å². The molecule has 32 heavy (non-hydrogen) atoms. The fourth-order valence-electron chi connectivity index (χ4n) is 4.72. The molecule has 0 aliphatic carbocycles. The van der Waals surface area contributed by atoms with Crippen LogP contribution in [0.25, 0.3) is 0 Å². The lowest BCUT2D eigenvalue weighted by Gasteiger charge is -2.48. The summed E-state index contributed by atoms with van der Waals surface area (Å²) in [5.74, 6) is -1.71. The monoisotopic (exact) mass is 432 g/mol. The topological polar surface area (TPSA) is 107 Å². The number of nitrogens with zero attached hydrogens (tertiary/aromatic N) is 3. The van der Waals surface area contributed by atoms with Crippen LogP contribution < -0.4 is 10.2 Å². The highest BCUT2D eigenvalue weighted by molar-refractivity contribution is 6.21. The number of carbonyl (C=O) groups is 5. The number of imide groups is 1. The number of rotatable bonds is 3. The third-order valence-electron chi connectivity index (χ3n) is 6.42. The summed E-state index contributed by atoms with van der Waals surface area (Å²) in [5.41, 5.74) is 0.842. The molecule has 3 aliphatic heterocycles. The molecule has 0 saturated carbocycles. The van der Waals surface area contributed by atoms with Crippen LogP contribution in [-0.2, 0) is 9.59 Å². The Bertz CT molecular complexity index is 1240. The summed E-state index contributed by atoms with van der Waals surface area (Å²) < 4.78 is 0. The van der Waals surface area contributed by atoms with Gasteiger partial charge in [-0.15, -0.1) is 0 Å². The molecular formula is C23H20N4O5. The molecule has 1 unspecified atom stereocenters. The summed E-state index contributed by atoms with van der Waals surface area (Å²) >= 11 is 0. The van der Waals surface area contributed by atoms with E-state index in [1.165, 1.54) is 24.1 Å². The van der Waals surface area contributed by atoms with Gasteiger partial charge in [0.15, 0.2) is 0 Å². The highest BCUT2D eigenvalue weighted by Crippen LogP contribution is 2.43. The van der Waals surface area contributed by atoms with E-state index in [9.17, 15) is 24.0 Å². The molecule has 0 spiro atoms. The lowest BCUT2D eigenvalue weighted by molar-refractivity contribution is -0.120. The standard InChI is InChI=1S/C23H20N4O5/c1-23-10-9-19(29)27(23)17-6-4-3-5-15(17)22(32)26(23)12-18(28)24-13-7-8-14-16(11-13)21(31)25(2)20(14)30/h3-8,11H,9-10,12H2,1-2H3,(H,24,28). The second-order valence-electron chi connectivity index (χ2n) is 8.33. The molecule has 3 aliphatic rings. The molecular weight excluding hydrogens is 412 g/mol. The van der Waals surface area contributed by atoms with E-state index in [0.717, 1.165) is 4.90 Å². The minimum atomic E-state index is -0.942. The van der Waals surface area contributed by atoms with Crippen molar-refractivity contribution < 1.29 is 24.0 Å². The van der Waals surface area contributed by atoms with Gasteiger partial charge in [-0.05, 0) is 43.7 Å². The van der Waals surface area contributed by atoms with Crippen LogP contribution in [0.5, 0.6) is 0 Å². The van der Waals surface area contributed by atoms with Gasteiger partial charge in [0.1, 0.15) is 12.2 Å². The summed E-state index contributed by atoms with van der Waals surface area (Å²) in [7, 11) is 1.40. The summed E-state index contributed by atoms with van der Waals surface area (Å²) in [6.07, 6.45) is 0.700. The van der Waals surface area contributed by atoms with Crippen molar-refractivity contribution in [3.63, 3.8) is 0 Å². The lowest BCUT2D eigenvalue weighted by Crippen LogP contribution is -2.63. The van der Waals surface area contributed by atoms with E-state index in [0.29, 0.717) is 23.4 Å². The van der Waals surface area contributed by atoms with Gasteiger partial charge in [0, 0.05) is 19.2 Å². The Balaban J connectivity index is 1.42. The molecule has 9 heteroatoms. The molecule has 9 nitrogen and oxygen atoms in total. The van der Waals surface area contributed by atoms with Gasteiger partial charge in [0.25, 0.3) is 17.7 Å². The molecule has 2 aromatic rings. The van der Waals surface area contributed by atoms with Crippen LogP contribution in [0.3, 0.4) is 0 Å². The lowest BCUT2D eigenvalue weighted by atomic mass is 9.98. The average Bonchev–Trinajstić information content (AvgIpc) is 3.20. The largest absolute Gasteiger partial charge is 0.325 e. The van der Waals surface area contributed by atoms with E-state index in [1.54, 1.807) is 42.2 Å². The smallest absolute Gasteiger partial charge is 0.261 e. The van der Waals surface area contributed by atoms with Crippen molar-refractivity contribution >= 4 is 40.9 Å². The highest BCUT2D eigenvalue weighted by atomic mass is 16.2. The van der Waals surface area contributed by atoms with Crippen LogP contribution in [0.2, 0.25) is 0 Å². The Morgan fingerprint density at radius 1 is 0.969 bits per heavy atom. The van der Waals surface area contributed by atoms with E-state index in [2.05, 4.69) is 5.32 Å². The van der Waals surface area contributed by atoms with Crippen molar-refractivity contribution in [2.45, 2.75) is 25.4 Å². The maximum absolute atomic E-state index is 13.2. The number of anilines is 2. The Morgan fingerprint density at radius 3 is 2.47 bits per heavy atom. The molecule has 1 N–H and O–H groups in total. The van der Waals surface area contributed by atoms with E-state index < -0.39 is 17.5 Å². The number of amides is 5. The normalized spacial score (nSPS) is 21.6. The van der Waals surface area contributed by atoms with Crippen LogP contribution in [-0.4, -0.2) is 58.6 Å². The van der Waals surface area contributed by atoms with Crippen LogP contribution in [0.15, 0.2) is 42.5 Å². The third kappa shape index (κ3) is 2.67. The Hall–Kier alpha value is -4.01. The number of hydrogen-bond donors (Lipinski definition) is 1. The molecule has 1 saturated heterocycles. The van der Waals surface area contributed by atoms with E-state index in [-0.39, 0.29) is 41.8 Å². The number of hydrogen-bond acceptors (Lipinski definition) is 5. The Labute approximate surface area is 183 Å². The first-order chi connectivity index (χ1) is 15.2. The maximum atomic E-state index is 13.2. The third-order valence-corrected chi connectivity index (χ3v) is 6.42. The summed E-state index contributed by atoms with van der Waals surface area (Å²) in [4.78, 5) is 67.1. The molecule has 3 heterocycles. The highest BCUT2D eigenvalue weighted by Gasteiger charge is 2.53. The number of carbonyl (C=O) groups excluding carboxylic acids is 5. The summed E-state index contributed by atoms with van der Waals surface area (Å²) in [6, 6.07) is 11.4. The van der Waals surface area contributed by atoms with Gasteiger partial charge in [0.05, 0.1) is 22.4 Å². The molecule has 0 aromatic heterocycles. The number of fused-ring (bicyclic) bond motifs is 4. The SMILES string of the molecule is CN1C(=O)c2ccc(NC(=O)CN3C(=O)c4ccccc4N4C(=O)CCC34C)cc2C1=O. The van der Waals surface area contributed by atoms with E-state index in [4.69, 9.17) is 0 Å². The van der Waals surface area contributed by atoms with Crippen molar-refractivity contribution in [3.05, 3.63) is 59.2 Å². The number of nitrogens with one attached hydrogen (secondary N) is 1. The molecule has 1 fully saturated rings. The zero-order chi connectivity index (χ0) is 22.8. The van der Waals surface area contributed by atoms with Crippen molar-refractivity contribution in [2.75, 3.05) is 23.8 Å². The van der Waals surface area contributed by atoms with Gasteiger partial charge in [-0.2, -0.15) is 0 Å². The Morgan fingerprint density at radius 2 is 1.69 bits per heavy atom. The Kier molecular flexibility index (Phi) is 4.20. The van der Waals surface area contributed by atoms with Crippen molar-refractivity contribution in [1.29, 1.82) is 0 Å². The van der Waals surface area contributed by atoms with Crippen LogP contribution >= 0.6 is 0 Å². The molecule has 162 valence electrons. The van der Waals surface area contributed by atoms with Crippen LogP contribution in [0.4, 0.5) is 11.4 Å². The fraction of sp³-hybridized carbons (Fsp3) is 0.261. The number of para-hydroxylation sites is 1. The van der Waals surface area contributed by atoms with Gasteiger partial charge in [0.2, 0.25) is 11.8 Å². The average molecular weight is 432 g/mol. The van der Waals surface area contributed by atoms with Crippen molar-refractivity contribution in [1.82, 2.24) is 9.80 Å². The molecule has 1 atom stereocenters. The minimum Gasteiger partial charge on any atom is -0.325 e. The van der Waals surface area contributed by atoms with E-state index >= 15 is 0 Å². The van der Waals surface area contributed by atoms with Crippen molar-refractivity contribution in [3.8, 4) is 0 Å². The molecule has 0 bridgehead atoms. The van der Waals surface area contributed by atoms with Gasteiger partial charge in [-0.3, -0.25) is 33.8 Å². The predicted octanol–water partition coefficient (Wildman–Crippen LogP) is 1.85. The first kappa shape index (κ1) is 19.9. The van der Waals surface area contributed by atoms with Gasteiger partial charge >= 0.3 is 0 Å². The maximum Gasteiger partial charge on any atom is 0.261 e. The summed E-state index contributed by atoms with van der Waals surface area (Å²) in [6.45, 7) is 1.52. The molecule has 5 amide bonds. The second kappa shape index (κ2) is 6.74. The van der Waals surface area contributed by atoms with Crippen LogP contribution in [0.1, 0.15) is 50.8 Å². The minimum absolute atomic E-state index is 0.0937. The second-order valence-corrected chi connectivity index (χ2v) is 8.33. The molecule has 2 aromatic carbocycles. The first-order valence-corrected chi connectivity index (χ1v) is 10.2.